The van der Waals surface area contributed by atoms with E-state index in [1.54, 1.807) is 6.20 Å². The van der Waals surface area contributed by atoms with Crippen LogP contribution >= 0.6 is 0 Å². The number of ether oxygens (including phenoxy) is 1. The lowest BCUT2D eigenvalue weighted by Crippen LogP contribution is -2.28. The van der Waals surface area contributed by atoms with Crippen molar-refractivity contribution in [2.45, 2.75) is 45.4 Å². The van der Waals surface area contributed by atoms with E-state index in [1.165, 1.54) is 33.0 Å². The van der Waals surface area contributed by atoms with Gasteiger partial charge in [-0.15, -0.1) is 0 Å². The number of hydrogen-bond donors (Lipinski definition) is 0. The Morgan fingerprint density at radius 3 is 2.42 bits per heavy atom. The topological polar surface area (TPSA) is 44.9 Å². The summed E-state index contributed by atoms with van der Waals surface area (Å²) in [5, 5.41) is 6.82. The number of rotatable bonds is 3. The van der Waals surface area contributed by atoms with E-state index in [0.717, 1.165) is 28.5 Å². The van der Waals surface area contributed by atoms with Gasteiger partial charge >= 0.3 is 0 Å². The lowest BCUT2D eigenvalue weighted by atomic mass is 9.73. The minimum atomic E-state index is -0.167. The molecule has 7 rings (SSSR count). The summed E-state index contributed by atoms with van der Waals surface area (Å²) in [5.74, 6) is 2.54. The van der Waals surface area contributed by atoms with Crippen molar-refractivity contribution < 1.29 is 4.74 Å². The average molecular weight is 499 g/mol. The van der Waals surface area contributed by atoms with Crippen LogP contribution in [0.1, 0.15) is 51.3 Å². The first kappa shape index (κ1) is 22.8. The second-order valence-electron chi connectivity index (χ2n) is 11.7. The third-order valence-electron chi connectivity index (χ3n) is 7.87. The van der Waals surface area contributed by atoms with E-state index in [0.29, 0.717) is 0 Å². The number of nitrogens with zero attached hydrogens (tertiary/aromatic N) is 4. The third kappa shape index (κ3) is 3.31. The lowest BCUT2D eigenvalue weighted by molar-refractivity contribution is 0.483. The number of hydrogen-bond acceptors (Lipinski definition) is 3. The predicted molar refractivity (Wildman–Crippen MR) is 153 cm³/mol. The maximum absolute atomic E-state index is 6.40. The van der Waals surface area contributed by atoms with Crippen molar-refractivity contribution >= 4 is 21.8 Å². The van der Waals surface area contributed by atoms with Gasteiger partial charge in [-0.3, -0.25) is 4.57 Å². The fourth-order valence-corrected chi connectivity index (χ4v) is 5.77. The minimum Gasteiger partial charge on any atom is -0.457 e. The van der Waals surface area contributed by atoms with Crippen molar-refractivity contribution in [3.63, 3.8) is 0 Å². The molecule has 0 bridgehead atoms. The van der Waals surface area contributed by atoms with Gasteiger partial charge in [0, 0.05) is 52.5 Å². The molecule has 38 heavy (non-hydrogen) atoms. The highest BCUT2D eigenvalue weighted by Crippen LogP contribution is 2.48. The molecule has 0 atom stereocenters. The summed E-state index contributed by atoms with van der Waals surface area (Å²) in [6.45, 7) is 11.5. The van der Waals surface area contributed by atoms with Gasteiger partial charge in [0.1, 0.15) is 17.3 Å². The smallest absolute Gasteiger partial charge is 0.141 e. The van der Waals surface area contributed by atoms with Gasteiger partial charge in [0.15, 0.2) is 0 Å². The molecular formula is C33H30N4O. The molecule has 5 nitrogen and oxygen atoms in total. The molecule has 0 unspecified atom stereocenters. The molecular weight excluding hydrogens is 468 g/mol. The molecule has 0 N–H and O–H groups in total. The van der Waals surface area contributed by atoms with Crippen LogP contribution in [0.5, 0.6) is 11.5 Å². The largest absolute Gasteiger partial charge is 0.457 e. The van der Waals surface area contributed by atoms with Crippen LogP contribution in [-0.2, 0) is 10.8 Å². The lowest BCUT2D eigenvalue weighted by Gasteiger charge is -2.35. The first-order chi connectivity index (χ1) is 18.2. The fourth-order valence-electron chi connectivity index (χ4n) is 5.77. The molecule has 4 heterocycles. The van der Waals surface area contributed by atoms with Crippen molar-refractivity contribution in [1.82, 2.24) is 19.3 Å². The van der Waals surface area contributed by atoms with Crippen LogP contribution in [0.4, 0.5) is 0 Å². The Morgan fingerprint density at radius 2 is 1.63 bits per heavy atom. The molecule has 3 aromatic carbocycles. The van der Waals surface area contributed by atoms with E-state index in [1.807, 2.05) is 53.5 Å². The van der Waals surface area contributed by atoms with Crippen molar-refractivity contribution in [1.29, 1.82) is 0 Å². The zero-order chi connectivity index (χ0) is 26.2. The first-order valence-electron chi connectivity index (χ1n) is 13.1. The van der Waals surface area contributed by atoms with E-state index >= 15 is 0 Å². The summed E-state index contributed by atoms with van der Waals surface area (Å²) < 4.78 is 10.6. The highest BCUT2D eigenvalue weighted by molar-refractivity contribution is 6.12. The fraction of sp³-hybridized carbons (Fsp3) is 0.212. The molecule has 0 fully saturated rings. The van der Waals surface area contributed by atoms with Gasteiger partial charge < -0.3 is 4.74 Å². The van der Waals surface area contributed by atoms with E-state index in [4.69, 9.17) is 9.72 Å². The predicted octanol–water partition coefficient (Wildman–Crippen LogP) is 8.09. The van der Waals surface area contributed by atoms with E-state index in [2.05, 4.69) is 80.7 Å². The van der Waals surface area contributed by atoms with E-state index < -0.39 is 0 Å². The summed E-state index contributed by atoms with van der Waals surface area (Å²) in [7, 11) is 0. The average Bonchev–Trinajstić information content (AvgIpc) is 3.54. The van der Waals surface area contributed by atoms with Crippen LogP contribution in [0.3, 0.4) is 0 Å². The zero-order valence-corrected chi connectivity index (χ0v) is 22.4. The quantitative estimate of drug-likeness (QED) is 0.248. The Bertz CT molecular complexity index is 1850. The monoisotopic (exact) mass is 498 g/mol. The van der Waals surface area contributed by atoms with Crippen LogP contribution in [0.25, 0.3) is 33.3 Å². The number of benzene rings is 3. The maximum atomic E-state index is 6.40. The van der Waals surface area contributed by atoms with Crippen LogP contribution < -0.4 is 4.74 Å². The van der Waals surface area contributed by atoms with Crippen LogP contribution in [0.2, 0.25) is 0 Å². The molecule has 0 saturated heterocycles. The van der Waals surface area contributed by atoms with E-state index in [-0.39, 0.29) is 10.8 Å². The third-order valence-corrected chi connectivity index (χ3v) is 7.87. The Balaban J connectivity index is 1.46. The van der Waals surface area contributed by atoms with Gasteiger partial charge in [-0.2, -0.15) is 5.10 Å². The molecule has 0 aliphatic carbocycles. The van der Waals surface area contributed by atoms with Crippen molar-refractivity contribution in [3.8, 4) is 23.0 Å². The molecule has 0 amide bonds. The van der Waals surface area contributed by atoms with E-state index in [9.17, 15) is 0 Å². The van der Waals surface area contributed by atoms with Gasteiger partial charge in [0.05, 0.1) is 16.7 Å². The summed E-state index contributed by atoms with van der Waals surface area (Å²) in [6, 6.07) is 25.3. The Morgan fingerprint density at radius 1 is 0.789 bits per heavy atom. The van der Waals surface area contributed by atoms with Gasteiger partial charge in [-0.25, -0.2) is 9.67 Å². The van der Waals surface area contributed by atoms with Crippen LogP contribution in [-0.4, -0.2) is 19.3 Å². The summed E-state index contributed by atoms with van der Waals surface area (Å²) in [4.78, 5) is 4.90. The Labute approximate surface area is 222 Å². The molecule has 1 aliphatic heterocycles. The molecule has 6 aromatic rings. The summed E-state index contributed by atoms with van der Waals surface area (Å²) in [6.07, 6.45) is 5.59. The van der Waals surface area contributed by atoms with Crippen LogP contribution in [0, 0.1) is 0 Å². The van der Waals surface area contributed by atoms with Gasteiger partial charge in [0.25, 0.3) is 0 Å². The standard InChI is InChI=1S/C33H30N4O/c1-32(2,3)21-17-26-25-13-12-24(38-23-10-6-9-22(19-23)36-16-8-15-35-36)20-29(25)37-30(26)28(18-21)33(4,5)27-11-7-14-34-31(27)37/h6-20H,1-5H3. The number of fused-ring (bicyclic) bond motifs is 5. The molecule has 0 radical (unpaired) electrons. The van der Waals surface area contributed by atoms with Crippen molar-refractivity contribution in [2.24, 2.45) is 0 Å². The highest BCUT2D eigenvalue weighted by atomic mass is 16.5. The maximum Gasteiger partial charge on any atom is 0.141 e. The SMILES string of the molecule is CC(C)(C)c1cc2c3c(c1)c1ccc(Oc4cccc(-n5cccn5)c4)cc1n3-c1ncccc1C2(C)C. The Kier molecular flexibility index (Phi) is 4.68. The molecule has 1 aliphatic rings. The summed E-state index contributed by atoms with van der Waals surface area (Å²) >= 11 is 0. The second-order valence-corrected chi connectivity index (χ2v) is 11.7. The first-order valence-corrected chi connectivity index (χ1v) is 13.1. The molecule has 0 spiro atoms. The molecule has 5 heteroatoms. The second kappa shape index (κ2) is 7.81. The van der Waals surface area contributed by atoms with Crippen LogP contribution in [0.15, 0.2) is 91.4 Å². The molecule has 188 valence electrons. The molecule has 0 saturated carbocycles. The number of aromatic nitrogens is 4. The normalized spacial score (nSPS) is 14.1. The summed E-state index contributed by atoms with van der Waals surface area (Å²) in [5.41, 5.74) is 7.08. The Hall–Kier alpha value is -4.38. The van der Waals surface area contributed by atoms with Gasteiger partial charge in [-0.05, 0) is 59.0 Å². The number of pyridine rings is 1. The van der Waals surface area contributed by atoms with Gasteiger partial charge in [-0.1, -0.05) is 52.8 Å². The van der Waals surface area contributed by atoms with Crippen molar-refractivity contribution in [2.75, 3.05) is 0 Å². The van der Waals surface area contributed by atoms with Crippen molar-refractivity contribution in [3.05, 3.63) is 108 Å². The highest BCUT2D eigenvalue weighted by Gasteiger charge is 2.37. The molecule has 3 aromatic heterocycles. The minimum absolute atomic E-state index is 0.0348. The van der Waals surface area contributed by atoms with Gasteiger partial charge in [0.2, 0.25) is 0 Å². The zero-order valence-electron chi connectivity index (χ0n) is 22.4.